The summed E-state index contributed by atoms with van der Waals surface area (Å²) in [5.74, 6) is 2.43. The standard InChI is InChI=1S/C16H20N2O2/c1-3-14-6-4-5-7-15(14)16(19)17-13(2)12-18-8-10-20-11-9-18/h1,4-7,13H,8-12H2,2H3,(H,17,19). The fraction of sp³-hybridized carbons (Fsp3) is 0.438. The summed E-state index contributed by atoms with van der Waals surface area (Å²) in [6.45, 7) is 6.20. The summed E-state index contributed by atoms with van der Waals surface area (Å²) in [6, 6.07) is 7.27. The molecule has 1 heterocycles. The van der Waals surface area contributed by atoms with Crippen molar-refractivity contribution in [2.75, 3.05) is 32.8 Å². The highest BCUT2D eigenvalue weighted by Crippen LogP contribution is 2.07. The molecule has 0 saturated carbocycles. The molecule has 1 N–H and O–H groups in total. The monoisotopic (exact) mass is 272 g/mol. The Labute approximate surface area is 120 Å². The van der Waals surface area contributed by atoms with Crippen LogP contribution in [-0.4, -0.2) is 49.7 Å². The van der Waals surface area contributed by atoms with Crippen LogP contribution in [0.25, 0.3) is 0 Å². The lowest BCUT2D eigenvalue weighted by molar-refractivity contribution is 0.0342. The Kier molecular flexibility index (Phi) is 5.16. The van der Waals surface area contributed by atoms with Gasteiger partial charge in [-0.05, 0) is 19.1 Å². The van der Waals surface area contributed by atoms with E-state index in [0.717, 1.165) is 32.8 Å². The van der Waals surface area contributed by atoms with Gasteiger partial charge in [-0.1, -0.05) is 18.1 Å². The molecule has 1 fully saturated rings. The van der Waals surface area contributed by atoms with Crippen molar-refractivity contribution in [1.29, 1.82) is 0 Å². The summed E-state index contributed by atoms with van der Waals surface area (Å²) in [6.07, 6.45) is 5.42. The Morgan fingerprint density at radius 2 is 2.15 bits per heavy atom. The van der Waals surface area contributed by atoms with Crippen molar-refractivity contribution in [2.24, 2.45) is 0 Å². The quantitative estimate of drug-likeness (QED) is 0.835. The first-order valence-electron chi connectivity index (χ1n) is 6.87. The molecule has 1 atom stereocenters. The maximum atomic E-state index is 12.2. The predicted molar refractivity (Wildman–Crippen MR) is 78.6 cm³/mol. The molecule has 0 radical (unpaired) electrons. The number of nitrogens with zero attached hydrogens (tertiary/aromatic N) is 1. The molecule has 1 aliphatic rings. The fourth-order valence-electron chi connectivity index (χ4n) is 2.33. The molecule has 1 aliphatic heterocycles. The van der Waals surface area contributed by atoms with Gasteiger partial charge in [0, 0.05) is 31.2 Å². The van der Waals surface area contributed by atoms with Gasteiger partial charge in [0.2, 0.25) is 0 Å². The second-order valence-corrected chi connectivity index (χ2v) is 4.98. The zero-order valence-corrected chi connectivity index (χ0v) is 11.8. The molecule has 0 bridgehead atoms. The van der Waals surface area contributed by atoms with Crippen molar-refractivity contribution in [1.82, 2.24) is 10.2 Å². The summed E-state index contributed by atoms with van der Waals surface area (Å²) < 4.78 is 5.31. The Hall–Kier alpha value is -1.83. The van der Waals surface area contributed by atoms with Crippen molar-refractivity contribution in [3.8, 4) is 12.3 Å². The van der Waals surface area contributed by atoms with E-state index in [1.165, 1.54) is 0 Å². The van der Waals surface area contributed by atoms with E-state index < -0.39 is 0 Å². The highest BCUT2D eigenvalue weighted by molar-refractivity contribution is 5.96. The molecule has 1 aromatic carbocycles. The number of rotatable bonds is 4. The first-order chi connectivity index (χ1) is 9.70. The lowest BCUT2D eigenvalue weighted by Gasteiger charge is -2.29. The van der Waals surface area contributed by atoms with Gasteiger partial charge in [0.25, 0.3) is 5.91 Å². The highest BCUT2D eigenvalue weighted by atomic mass is 16.5. The molecule has 0 aromatic heterocycles. The number of morpholine rings is 1. The molecule has 106 valence electrons. The molecule has 1 saturated heterocycles. The molecule has 0 spiro atoms. The second-order valence-electron chi connectivity index (χ2n) is 4.98. The number of benzene rings is 1. The van der Waals surface area contributed by atoms with Crippen molar-refractivity contribution >= 4 is 5.91 Å². The van der Waals surface area contributed by atoms with Crippen LogP contribution >= 0.6 is 0 Å². The number of carbonyl (C=O) groups excluding carboxylic acids is 1. The topological polar surface area (TPSA) is 41.6 Å². The molecular formula is C16H20N2O2. The third kappa shape index (κ3) is 3.83. The van der Waals surface area contributed by atoms with Crippen LogP contribution in [0.2, 0.25) is 0 Å². The van der Waals surface area contributed by atoms with E-state index >= 15 is 0 Å². The first kappa shape index (κ1) is 14.6. The third-order valence-electron chi connectivity index (χ3n) is 3.34. The van der Waals surface area contributed by atoms with Crippen molar-refractivity contribution in [3.05, 3.63) is 35.4 Å². The number of carbonyl (C=O) groups is 1. The normalized spacial score (nSPS) is 17.2. The number of amides is 1. The third-order valence-corrected chi connectivity index (χ3v) is 3.34. The van der Waals surface area contributed by atoms with Gasteiger partial charge in [0.15, 0.2) is 0 Å². The van der Waals surface area contributed by atoms with Gasteiger partial charge in [-0.2, -0.15) is 0 Å². The van der Waals surface area contributed by atoms with Gasteiger partial charge in [0.1, 0.15) is 0 Å². The molecule has 4 nitrogen and oxygen atoms in total. The average Bonchev–Trinajstić information content (AvgIpc) is 2.48. The van der Waals surface area contributed by atoms with Gasteiger partial charge < -0.3 is 10.1 Å². The minimum Gasteiger partial charge on any atom is -0.379 e. The molecule has 20 heavy (non-hydrogen) atoms. The minimum atomic E-state index is -0.112. The van der Waals surface area contributed by atoms with Crippen molar-refractivity contribution < 1.29 is 9.53 Å². The largest absolute Gasteiger partial charge is 0.379 e. The lowest BCUT2D eigenvalue weighted by Crippen LogP contribution is -2.46. The van der Waals surface area contributed by atoms with E-state index in [1.54, 1.807) is 12.1 Å². The highest BCUT2D eigenvalue weighted by Gasteiger charge is 2.16. The maximum absolute atomic E-state index is 12.2. The fourth-order valence-corrected chi connectivity index (χ4v) is 2.33. The Morgan fingerprint density at radius 3 is 2.85 bits per heavy atom. The first-order valence-corrected chi connectivity index (χ1v) is 6.87. The van der Waals surface area contributed by atoms with Gasteiger partial charge in [-0.25, -0.2) is 0 Å². The van der Waals surface area contributed by atoms with Gasteiger partial charge >= 0.3 is 0 Å². The summed E-state index contributed by atoms with van der Waals surface area (Å²) in [7, 11) is 0. The van der Waals surface area contributed by atoms with Crippen molar-refractivity contribution in [2.45, 2.75) is 13.0 Å². The summed E-state index contributed by atoms with van der Waals surface area (Å²) >= 11 is 0. The van der Waals surface area contributed by atoms with E-state index in [4.69, 9.17) is 11.2 Å². The molecule has 1 unspecified atom stereocenters. The molecule has 4 heteroatoms. The summed E-state index contributed by atoms with van der Waals surface area (Å²) in [4.78, 5) is 14.5. The van der Waals surface area contributed by atoms with Crippen LogP contribution in [0.15, 0.2) is 24.3 Å². The number of ether oxygens (including phenoxy) is 1. The Morgan fingerprint density at radius 1 is 1.45 bits per heavy atom. The lowest BCUT2D eigenvalue weighted by atomic mass is 10.1. The van der Waals surface area contributed by atoms with Crippen LogP contribution in [0.4, 0.5) is 0 Å². The number of terminal acetylenes is 1. The van der Waals surface area contributed by atoms with Crippen LogP contribution in [-0.2, 0) is 4.74 Å². The van der Waals surface area contributed by atoms with E-state index in [9.17, 15) is 4.79 Å². The van der Waals surface area contributed by atoms with Crippen LogP contribution in [0, 0.1) is 12.3 Å². The Balaban J connectivity index is 1.91. The number of nitrogens with one attached hydrogen (secondary N) is 1. The van der Waals surface area contributed by atoms with Gasteiger partial charge in [0.05, 0.1) is 18.8 Å². The van der Waals surface area contributed by atoms with Gasteiger partial charge in [-0.15, -0.1) is 6.42 Å². The minimum absolute atomic E-state index is 0.0754. The predicted octanol–water partition coefficient (Wildman–Crippen LogP) is 1.12. The molecule has 0 aliphatic carbocycles. The average molecular weight is 272 g/mol. The zero-order chi connectivity index (χ0) is 14.4. The van der Waals surface area contributed by atoms with Crippen LogP contribution in [0.3, 0.4) is 0 Å². The summed E-state index contributed by atoms with van der Waals surface area (Å²) in [5.41, 5.74) is 1.19. The van der Waals surface area contributed by atoms with Gasteiger partial charge in [-0.3, -0.25) is 9.69 Å². The SMILES string of the molecule is C#Cc1ccccc1C(=O)NC(C)CN1CCOCC1. The van der Waals surface area contributed by atoms with Crippen LogP contribution in [0.1, 0.15) is 22.8 Å². The van der Waals surface area contributed by atoms with Crippen molar-refractivity contribution in [3.63, 3.8) is 0 Å². The summed E-state index contributed by atoms with van der Waals surface area (Å²) in [5, 5.41) is 3.00. The van der Waals surface area contributed by atoms with Crippen LogP contribution < -0.4 is 5.32 Å². The van der Waals surface area contributed by atoms with E-state index in [0.29, 0.717) is 11.1 Å². The smallest absolute Gasteiger partial charge is 0.252 e. The van der Waals surface area contributed by atoms with E-state index in [2.05, 4.69) is 16.1 Å². The van der Waals surface area contributed by atoms with E-state index in [1.807, 2.05) is 19.1 Å². The molecule has 1 amide bonds. The van der Waals surface area contributed by atoms with E-state index in [-0.39, 0.29) is 11.9 Å². The van der Waals surface area contributed by atoms with Crippen LogP contribution in [0.5, 0.6) is 0 Å². The second kappa shape index (κ2) is 7.09. The zero-order valence-electron chi connectivity index (χ0n) is 11.8. The maximum Gasteiger partial charge on any atom is 0.252 e. The molecule has 2 rings (SSSR count). The number of hydrogen-bond acceptors (Lipinski definition) is 3. The Bertz CT molecular complexity index is 501. The molecular weight excluding hydrogens is 252 g/mol. The molecule has 1 aromatic rings. The number of hydrogen-bond donors (Lipinski definition) is 1.